The van der Waals surface area contributed by atoms with E-state index < -0.39 is 5.97 Å². The number of fused-ring (bicyclic) bond motifs is 3. The zero-order valence-electron chi connectivity index (χ0n) is 11.3. The third kappa shape index (κ3) is 1.86. The van der Waals surface area contributed by atoms with Crippen molar-refractivity contribution in [1.82, 2.24) is 0 Å². The predicted molar refractivity (Wildman–Crippen MR) is 80.5 cm³/mol. The Bertz CT molecular complexity index is 754. The van der Waals surface area contributed by atoms with Crippen LogP contribution in [-0.4, -0.2) is 5.97 Å². The van der Waals surface area contributed by atoms with Crippen LogP contribution in [-0.2, 0) is 4.79 Å². The zero-order valence-corrected chi connectivity index (χ0v) is 11.3. The number of carbonyl (C=O) groups is 1. The number of hydrogen-bond acceptors (Lipinski definition) is 2. The molecule has 20 heavy (non-hydrogen) atoms. The lowest BCUT2D eigenvalue weighted by molar-refractivity contribution is -0.130. The predicted octanol–water partition coefficient (Wildman–Crippen LogP) is 4.21. The van der Waals surface area contributed by atoms with Crippen molar-refractivity contribution in [2.24, 2.45) is 0 Å². The van der Waals surface area contributed by atoms with Gasteiger partial charge in [0.1, 0.15) is 5.75 Å². The molecule has 0 saturated heterocycles. The van der Waals surface area contributed by atoms with Crippen molar-refractivity contribution in [1.29, 1.82) is 0 Å². The second-order valence-electron chi connectivity index (χ2n) is 4.90. The van der Waals surface area contributed by atoms with E-state index in [-0.39, 0.29) is 0 Å². The topological polar surface area (TPSA) is 26.3 Å². The van der Waals surface area contributed by atoms with Gasteiger partial charge in [0.15, 0.2) is 0 Å². The van der Waals surface area contributed by atoms with E-state index in [1.165, 1.54) is 5.56 Å². The SMILES string of the molecule is C=C(C)C(=O)Oc1ccc2c(c1)C(=C)c1ccccc1-2. The average Bonchev–Trinajstić information content (AvgIpc) is 2.73. The molecule has 0 radical (unpaired) electrons. The largest absolute Gasteiger partial charge is 0.423 e. The van der Waals surface area contributed by atoms with Crippen LogP contribution in [0.4, 0.5) is 0 Å². The van der Waals surface area contributed by atoms with Crippen molar-refractivity contribution in [3.63, 3.8) is 0 Å². The molecule has 0 unspecified atom stereocenters. The van der Waals surface area contributed by atoms with Crippen LogP contribution in [0, 0.1) is 0 Å². The van der Waals surface area contributed by atoms with Gasteiger partial charge in [-0.15, -0.1) is 0 Å². The summed E-state index contributed by atoms with van der Waals surface area (Å²) in [6.45, 7) is 9.34. The molecule has 0 atom stereocenters. The fraction of sp³-hybridized carbons (Fsp3) is 0.0556. The molecule has 0 aromatic heterocycles. The summed E-state index contributed by atoms with van der Waals surface area (Å²) in [5.74, 6) is 0.108. The molecule has 2 heteroatoms. The van der Waals surface area contributed by atoms with E-state index in [4.69, 9.17) is 4.74 Å². The summed E-state index contributed by atoms with van der Waals surface area (Å²) in [5, 5.41) is 0. The standard InChI is InChI=1S/C18H14O2/c1-11(2)18(19)20-13-8-9-16-15-7-5-4-6-14(15)12(3)17(16)10-13/h4-10H,1,3H2,2H3. The monoisotopic (exact) mass is 262 g/mol. The van der Waals surface area contributed by atoms with Crippen LogP contribution in [0.2, 0.25) is 0 Å². The van der Waals surface area contributed by atoms with Gasteiger partial charge in [-0.25, -0.2) is 4.79 Å². The maximum Gasteiger partial charge on any atom is 0.338 e. The van der Waals surface area contributed by atoms with Gasteiger partial charge in [0.25, 0.3) is 0 Å². The fourth-order valence-corrected chi connectivity index (χ4v) is 2.39. The van der Waals surface area contributed by atoms with Crippen LogP contribution in [0.3, 0.4) is 0 Å². The van der Waals surface area contributed by atoms with Gasteiger partial charge in [-0.3, -0.25) is 0 Å². The fourth-order valence-electron chi connectivity index (χ4n) is 2.39. The molecule has 0 amide bonds. The van der Waals surface area contributed by atoms with E-state index in [0.717, 1.165) is 22.3 Å². The molecule has 3 rings (SSSR count). The third-order valence-electron chi connectivity index (χ3n) is 3.42. The second kappa shape index (κ2) is 4.49. The van der Waals surface area contributed by atoms with E-state index in [2.05, 4.69) is 25.3 Å². The lowest BCUT2D eigenvalue weighted by atomic mass is 10.1. The number of carbonyl (C=O) groups excluding carboxylic acids is 1. The quantitative estimate of drug-likeness (QED) is 0.393. The van der Waals surface area contributed by atoms with Crippen LogP contribution in [0.15, 0.2) is 61.2 Å². The number of esters is 1. The summed E-state index contributed by atoms with van der Waals surface area (Å²) in [6, 6.07) is 13.8. The van der Waals surface area contributed by atoms with Crippen molar-refractivity contribution >= 4 is 11.5 Å². The van der Waals surface area contributed by atoms with Crippen molar-refractivity contribution in [2.75, 3.05) is 0 Å². The first-order valence-corrected chi connectivity index (χ1v) is 6.38. The van der Waals surface area contributed by atoms with Crippen LogP contribution in [0.25, 0.3) is 16.7 Å². The van der Waals surface area contributed by atoms with Gasteiger partial charge in [0.2, 0.25) is 0 Å². The number of rotatable bonds is 2. The highest BCUT2D eigenvalue weighted by Crippen LogP contribution is 2.44. The first kappa shape index (κ1) is 12.4. The lowest BCUT2D eigenvalue weighted by Crippen LogP contribution is -2.08. The van der Waals surface area contributed by atoms with E-state index >= 15 is 0 Å². The Labute approximate surface area is 118 Å². The summed E-state index contributed by atoms with van der Waals surface area (Å²) in [6.07, 6.45) is 0. The molecule has 0 N–H and O–H groups in total. The Hall–Kier alpha value is -2.61. The molecule has 1 aliphatic carbocycles. The van der Waals surface area contributed by atoms with E-state index in [1.54, 1.807) is 13.0 Å². The number of hydrogen-bond donors (Lipinski definition) is 0. The number of ether oxygens (including phenoxy) is 1. The molecular formula is C18H14O2. The van der Waals surface area contributed by atoms with Crippen LogP contribution in [0.5, 0.6) is 5.75 Å². The van der Waals surface area contributed by atoms with Gasteiger partial charge < -0.3 is 4.74 Å². The number of benzene rings is 2. The van der Waals surface area contributed by atoms with Crippen molar-refractivity contribution < 1.29 is 9.53 Å². The Morgan fingerprint density at radius 3 is 2.35 bits per heavy atom. The molecule has 2 nitrogen and oxygen atoms in total. The van der Waals surface area contributed by atoms with Crippen LogP contribution < -0.4 is 4.74 Å². The normalized spacial score (nSPS) is 11.8. The van der Waals surface area contributed by atoms with Crippen molar-refractivity contribution in [2.45, 2.75) is 6.92 Å². The van der Waals surface area contributed by atoms with Crippen molar-refractivity contribution in [3.8, 4) is 16.9 Å². The second-order valence-corrected chi connectivity index (χ2v) is 4.90. The summed E-state index contributed by atoms with van der Waals surface area (Å²) in [5.41, 5.74) is 5.78. The van der Waals surface area contributed by atoms with E-state index in [0.29, 0.717) is 11.3 Å². The lowest BCUT2D eigenvalue weighted by Gasteiger charge is -2.06. The molecule has 2 aromatic rings. The van der Waals surface area contributed by atoms with E-state index in [1.807, 2.05) is 24.3 Å². The minimum atomic E-state index is -0.411. The van der Waals surface area contributed by atoms with Gasteiger partial charge in [-0.2, -0.15) is 0 Å². The van der Waals surface area contributed by atoms with Crippen LogP contribution >= 0.6 is 0 Å². The molecule has 0 spiro atoms. The minimum Gasteiger partial charge on any atom is -0.423 e. The summed E-state index contributed by atoms with van der Waals surface area (Å²) in [7, 11) is 0. The van der Waals surface area contributed by atoms with Gasteiger partial charge in [0.05, 0.1) is 0 Å². The van der Waals surface area contributed by atoms with Gasteiger partial charge in [0, 0.05) is 5.57 Å². The maximum absolute atomic E-state index is 11.6. The maximum atomic E-state index is 11.6. The Kier molecular flexibility index (Phi) is 2.79. The van der Waals surface area contributed by atoms with Crippen molar-refractivity contribution in [3.05, 3.63) is 72.3 Å². The minimum absolute atomic E-state index is 0.382. The molecule has 0 saturated carbocycles. The smallest absolute Gasteiger partial charge is 0.338 e. The highest BCUT2D eigenvalue weighted by Gasteiger charge is 2.22. The van der Waals surface area contributed by atoms with Crippen LogP contribution in [0.1, 0.15) is 18.1 Å². The molecule has 0 aliphatic heterocycles. The van der Waals surface area contributed by atoms with E-state index in [9.17, 15) is 4.79 Å². The molecule has 0 bridgehead atoms. The molecule has 98 valence electrons. The molecular weight excluding hydrogens is 248 g/mol. The average molecular weight is 262 g/mol. The molecule has 2 aromatic carbocycles. The van der Waals surface area contributed by atoms with Gasteiger partial charge in [-0.05, 0) is 46.9 Å². The Morgan fingerprint density at radius 2 is 1.65 bits per heavy atom. The molecule has 1 aliphatic rings. The highest BCUT2D eigenvalue weighted by atomic mass is 16.5. The summed E-state index contributed by atoms with van der Waals surface area (Å²) < 4.78 is 5.27. The summed E-state index contributed by atoms with van der Waals surface area (Å²) >= 11 is 0. The Balaban J connectivity index is 2.02. The molecule has 0 heterocycles. The third-order valence-corrected chi connectivity index (χ3v) is 3.42. The first-order chi connectivity index (χ1) is 9.58. The highest BCUT2D eigenvalue weighted by molar-refractivity contribution is 6.00. The Morgan fingerprint density at radius 1 is 1.00 bits per heavy atom. The zero-order chi connectivity index (χ0) is 14.3. The molecule has 0 fully saturated rings. The van der Waals surface area contributed by atoms with Gasteiger partial charge in [-0.1, -0.05) is 43.5 Å². The van der Waals surface area contributed by atoms with Gasteiger partial charge >= 0.3 is 5.97 Å². The first-order valence-electron chi connectivity index (χ1n) is 6.38. The summed E-state index contributed by atoms with van der Waals surface area (Å²) in [4.78, 5) is 11.6.